The zero-order chi connectivity index (χ0) is 16.2. The number of ether oxygens (including phenoxy) is 1. The summed E-state index contributed by atoms with van der Waals surface area (Å²) < 4.78 is 5.22. The van der Waals surface area contributed by atoms with Gasteiger partial charge in [-0.25, -0.2) is 9.79 Å². The summed E-state index contributed by atoms with van der Waals surface area (Å²) in [5.74, 6) is -0.152. The number of carbonyl (C=O) groups excluding carboxylic acids is 1. The third-order valence-electron chi connectivity index (χ3n) is 3.27. The fraction of sp³-hybridized carbons (Fsp3) is 0.0526. The number of aliphatic imine (C=N–C) groups is 1. The second kappa shape index (κ2) is 6.63. The predicted octanol–water partition coefficient (Wildman–Crippen LogP) is 4.63. The highest BCUT2D eigenvalue weighted by atomic mass is 35.5. The van der Waals surface area contributed by atoms with Crippen molar-refractivity contribution in [2.75, 3.05) is 0 Å². The van der Waals surface area contributed by atoms with Gasteiger partial charge in [-0.05, 0) is 48.4 Å². The highest BCUT2D eigenvalue weighted by molar-refractivity contribution is 6.30. The van der Waals surface area contributed by atoms with E-state index in [0.717, 1.165) is 16.7 Å². The minimum atomic E-state index is -0.448. The van der Waals surface area contributed by atoms with E-state index >= 15 is 0 Å². The van der Waals surface area contributed by atoms with Crippen LogP contribution in [0.5, 0.6) is 0 Å². The summed E-state index contributed by atoms with van der Waals surface area (Å²) in [5, 5.41) is 0.621. The highest BCUT2D eigenvalue weighted by Gasteiger charge is 2.23. The van der Waals surface area contributed by atoms with Crippen LogP contribution in [0.3, 0.4) is 0 Å². The Morgan fingerprint density at radius 2 is 1.78 bits per heavy atom. The number of esters is 1. The first kappa shape index (κ1) is 15.3. The summed E-state index contributed by atoms with van der Waals surface area (Å²) in [6.45, 7) is 1.92. The Bertz CT molecular complexity index is 818. The van der Waals surface area contributed by atoms with Gasteiger partial charge in [0.25, 0.3) is 0 Å². The maximum Gasteiger partial charge on any atom is 0.363 e. The molecule has 0 amide bonds. The molecule has 23 heavy (non-hydrogen) atoms. The summed E-state index contributed by atoms with van der Waals surface area (Å²) in [6.07, 6.45) is 3.70. The Morgan fingerprint density at radius 1 is 1.09 bits per heavy atom. The van der Waals surface area contributed by atoms with Gasteiger partial charge in [0.15, 0.2) is 5.70 Å². The summed E-state index contributed by atoms with van der Waals surface area (Å²) in [4.78, 5) is 16.2. The molecule has 1 heterocycles. The van der Waals surface area contributed by atoms with E-state index in [-0.39, 0.29) is 0 Å². The van der Waals surface area contributed by atoms with Crippen LogP contribution < -0.4 is 0 Å². The summed E-state index contributed by atoms with van der Waals surface area (Å²) >= 11 is 5.86. The minimum Gasteiger partial charge on any atom is -0.402 e. The maximum atomic E-state index is 12.0. The first-order chi connectivity index (χ1) is 11.1. The number of halogens is 1. The number of benzene rings is 2. The first-order valence-electron chi connectivity index (χ1n) is 7.14. The zero-order valence-electron chi connectivity index (χ0n) is 12.5. The Kier molecular flexibility index (Phi) is 4.40. The predicted molar refractivity (Wildman–Crippen MR) is 92.3 cm³/mol. The molecule has 0 saturated heterocycles. The molecular formula is C19H14ClNO2. The molecule has 3 nitrogen and oxygen atoms in total. The summed E-state index contributed by atoms with van der Waals surface area (Å²) in [5.41, 5.74) is 3.00. The van der Waals surface area contributed by atoms with Gasteiger partial charge in [0.2, 0.25) is 5.90 Å². The van der Waals surface area contributed by atoms with Gasteiger partial charge in [-0.1, -0.05) is 48.0 Å². The zero-order valence-corrected chi connectivity index (χ0v) is 13.2. The molecule has 1 aliphatic rings. The van der Waals surface area contributed by atoms with Crippen LogP contribution in [0.15, 0.2) is 76.9 Å². The molecule has 0 radical (unpaired) electrons. The largest absolute Gasteiger partial charge is 0.402 e. The molecule has 0 saturated carbocycles. The van der Waals surface area contributed by atoms with E-state index in [9.17, 15) is 4.79 Å². The Balaban J connectivity index is 1.86. The number of nitrogens with zero attached hydrogens (tertiary/aromatic N) is 1. The Morgan fingerprint density at radius 3 is 2.48 bits per heavy atom. The average Bonchev–Trinajstić information content (AvgIpc) is 2.90. The molecule has 2 aromatic carbocycles. The van der Waals surface area contributed by atoms with Crippen molar-refractivity contribution in [1.29, 1.82) is 0 Å². The van der Waals surface area contributed by atoms with Crippen LogP contribution >= 0.6 is 11.6 Å². The number of allylic oxidation sites excluding steroid dienone is 2. The van der Waals surface area contributed by atoms with Crippen molar-refractivity contribution < 1.29 is 9.53 Å². The molecule has 0 bridgehead atoms. The molecule has 0 atom stereocenters. The lowest BCUT2D eigenvalue weighted by atomic mass is 10.1. The van der Waals surface area contributed by atoms with Gasteiger partial charge in [-0.15, -0.1) is 0 Å². The van der Waals surface area contributed by atoms with Gasteiger partial charge < -0.3 is 4.74 Å². The van der Waals surface area contributed by atoms with Gasteiger partial charge >= 0.3 is 5.97 Å². The van der Waals surface area contributed by atoms with E-state index in [1.807, 2.05) is 43.3 Å². The van der Waals surface area contributed by atoms with E-state index in [4.69, 9.17) is 16.3 Å². The summed E-state index contributed by atoms with van der Waals surface area (Å²) in [7, 11) is 0. The fourth-order valence-corrected chi connectivity index (χ4v) is 2.32. The van der Waals surface area contributed by atoms with Crippen molar-refractivity contribution in [2.45, 2.75) is 6.92 Å². The fourth-order valence-electron chi connectivity index (χ4n) is 2.19. The van der Waals surface area contributed by atoms with Crippen LogP contribution in [0.1, 0.15) is 18.1 Å². The third-order valence-corrected chi connectivity index (χ3v) is 3.52. The van der Waals surface area contributed by atoms with Crippen LogP contribution in [-0.2, 0) is 9.53 Å². The lowest BCUT2D eigenvalue weighted by Gasteiger charge is -1.98. The van der Waals surface area contributed by atoms with Gasteiger partial charge in [0.05, 0.1) is 0 Å². The number of hydrogen-bond donors (Lipinski definition) is 0. The van der Waals surface area contributed by atoms with E-state index in [0.29, 0.717) is 16.6 Å². The molecule has 0 spiro atoms. The van der Waals surface area contributed by atoms with Crippen molar-refractivity contribution >= 4 is 29.5 Å². The molecule has 3 rings (SSSR count). The lowest BCUT2D eigenvalue weighted by Crippen LogP contribution is -2.05. The molecule has 0 aromatic heterocycles. The van der Waals surface area contributed by atoms with Crippen molar-refractivity contribution in [2.24, 2.45) is 4.99 Å². The maximum absolute atomic E-state index is 12.0. The monoisotopic (exact) mass is 323 g/mol. The second-order valence-electron chi connectivity index (χ2n) is 5.14. The minimum absolute atomic E-state index is 0.291. The molecule has 114 valence electrons. The molecule has 4 heteroatoms. The van der Waals surface area contributed by atoms with Crippen LogP contribution in [0.2, 0.25) is 5.02 Å². The molecule has 0 unspecified atom stereocenters. The van der Waals surface area contributed by atoms with Crippen molar-refractivity contribution in [3.05, 3.63) is 88.1 Å². The van der Waals surface area contributed by atoms with Gasteiger partial charge in [0.1, 0.15) is 0 Å². The standard InChI is InChI=1S/C19H14ClNO2/c1-13(11-14-5-3-2-4-6-14)12-17-19(22)23-18(21-17)15-7-9-16(20)10-8-15/h2-12H,1H3/b13-11?,17-12-. The molecular weight excluding hydrogens is 310 g/mol. The van der Waals surface area contributed by atoms with Crippen molar-refractivity contribution in [1.82, 2.24) is 0 Å². The van der Waals surface area contributed by atoms with E-state index < -0.39 is 5.97 Å². The molecule has 1 aliphatic heterocycles. The van der Waals surface area contributed by atoms with Crippen molar-refractivity contribution in [3.8, 4) is 0 Å². The first-order valence-corrected chi connectivity index (χ1v) is 7.51. The quantitative estimate of drug-likeness (QED) is 0.610. The normalized spacial score (nSPS) is 16.4. The average molecular weight is 324 g/mol. The van der Waals surface area contributed by atoms with E-state index in [1.165, 1.54) is 0 Å². The molecule has 0 fully saturated rings. The van der Waals surface area contributed by atoms with Crippen LogP contribution in [0.25, 0.3) is 6.08 Å². The molecule has 2 aromatic rings. The summed E-state index contributed by atoms with van der Waals surface area (Å²) in [6, 6.07) is 16.9. The second-order valence-corrected chi connectivity index (χ2v) is 5.58. The number of rotatable bonds is 3. The Hall–Kier alpha value is -2.65. The van der Waals surface area contributed by atoms with Gasteiger partial charge in [-0.2, -0.15) is 0 Å². The van der Waals surface area contributed by atoms with Crippen LogP contribution in [0, 0.1) is 0 Å². The number of carbonyl (C=O) groups is 1. The topological polar surface area (TPSA) is 38.7 Å². The van der Waals surface area contributed by atoms with Crippen LogP contribution in [-0.4, -0.2) is 11.9 Å². The number of hydrogen-bond acceptors (Lipinski definition) is 3. The molecule has 0 aliphatic carbocycles. The van der Waals surface area contributed by atoms with E-state index in [1.54, 1.807) is 30.3 Å². The lowest BCUT2D eigenvalue weighted by molar-refractivity contribution is -0.130. The number of cyclic esters (lactones) is 1. The van der Waals surface area contributed by atoms with Crippen LogP contribution in [0.4, 0.5) is 0 Å². The van der Waals surface area contributed by atoms with Gasteiger partial charge in [0, 0.05) is 10.6 Å². The third kappa shape index (κ3) is 3.76. The van der Waals surface area contributed by atoms with Crippen molar-refractivity contribution in [3.63, 3.8) is 0 Å². The van der Waals surface area contributed by atoms with Gasteiger partial charge in [-0.3, -0.25) is 0 Å². The highest BCUT2D eigenvalue weighted by Crippen LogP contribution is 2.20. The SMILES string of the molecule is CC(=Cc1ccccc1)/C=C1\N=C(c2ccc(Cl)cc2)OC1=O. The smallest absolute Gasteiger partial charge is 0.363 e. The molecule has 0 N–H and O–H groups in total. The Labute approximate surface area is 139 Å². The van der Waals surface area contributed by atoms with E-state index in [2.05, 4.69) is 4.99 Å².